The molecular weight excluding hydrogens is 617 g/mol. The van der Waals surface area contributed by atoms with E-state index in [-0.39, 0.29) is 37.3 Å². The molecule has 2 aromatic carbocycles. The third kappa shape index (κ3) is 9.24. The maximum absolute atomic E-state index is 7.45. The quantitative estimate of drug-likeness (QED) is 0.296. The van der Waals surface area contributed by atoms with Crippen LogP contribution in [0.3, 0.4) is 0 Å². The third-order valence-electron chi connectivity index (χ3n) is 9.00. The lowest BCUT2D eigenvalue weighted by Crippen LogP contribution is -2.41. The summed E-state index contributed by atoms with van der Waals surface area (Å²) < 4.78 is 80.1. The summed E-state index contributed by atoms with van der Waals surface area (Å²) in [7, 11) is -1.47. The first-order valence-electron chi connectivity index (χ1n) is 17.3. The fourth-order valence-corrected chi connectivity index (χ4v) is 4.55. The molecular formula is C34H58B3BrO6. The molecule has 10 heteroatoms. The number of halogens is 1. The highest BCUT2D eigenvalue weighted by molar-refractivity contribution is 9.10. The predicted octanol–water partition coefficient (Wildman–Crippen LogP) is 8.57. The highest BCUT2D eigenvalue weighted by atomic mass is 79.9. The molecule has 0 bridgehead atoms. The van der Waals surface area contributed by atoms with E-state index in [0.717, 1.165) is 9.94 Å². The van der Waals surface area contributed by atoms with Gasteiger partial charge >= 0.3 is 21.1 Å². The van der Waals surface area contributed by atoms with Crippen LogP contribution in [-0.4, -0.2) is 54.7 Å². The van der Waals surface area contributed by atoms with Crippen molar-refractivity contribution in [1.82, 2.24) is 0 Å². The second kappa shape index (κ2) is 14.3. The summed E-state index contributed by atoms with van der Waals surface area (Å²) in [5.74, 6) is 0. The molecule has 6 nitrogen and oxygen atoms in total. The minimum atomic E-state index is -2.11. The Labute approximate surface area is 287 Å². The molecule has 0 atom stereocenters. The summed E-state index contributed by atoms with van der Waals surface area (Å²) >= 11 is 3.20. The molecule has 0 unspecified atom stereocenters. The minimum Gasteiger partial charge on any atom is -0.405 e. The molecule has 0 N–H and O–H groups in total. The molecule has 0 spiro atoms. The molecule has 0 aliphatic carbocycles. The van der Waals surface area contributed by atoms with E-state index in [1.807, 2.05) is 89.2 Å². The molecule has 246 valence electrons. The summed E-state index contributed by atoms with van der Waals surface area (Å²) in [5, 5.41) is 0. The molecule has 0 amide bonds. The Hall–Kier alpha value is -1.13. The molecule has 0 radical (unpaired) electrons. The third-order valence-corrected chi connectivity index (χ3v) is 9.50. The molecule has 2 aromatic rings. The van der Waals surface area contributed by atoms with Crippen molar-refractivity contribution in [3.8, 4) is 0 Å². The van der Waals surface area contributed by atoms with E-state index in [0.29, 0.717) is 11.1 Å². The average molecular weight is 681 g/mol. The number of rotatable bonds is 2. The Bertz CT molecular complexity index is 1350. The topological polar surface area (TPSA) is 55.4 Å². The fourth-order valence-electron chi connectivity index (χ4n) is 4.15. The van der Waals surface area contributed by atoms with E-state index in [1.54, 1.807) is 42.5 Å². The number of benzene rings is 2. The summed E-state index contributed by atoms with van der Waals surface area (Å²) in [5.41, 5.74) is -0.870. The van der Waals surface area contributed by atoms with Gasteiger partial charge in [-0.15, -0.1) is 0 Å². The fraction of sp³-hybridized carbons (Fsp3) is 0.647. The minimum absolute atomic E-state index is 0. The van der Waals surface area contributed by atoms with Crippen molar-refractivity contribution < 1.29 is 36.2 Å². The Kier molecular flexibility index (Phi) is 10.2. The normalized spacial score (nSPS) is 25.5. The van der Waals surface area contributed by atoms with Crippen LogP contribution in [0.2, 0.25) is 0 Å². The van der Waals surface area contributed by atoms with Crippen LogP contribution in [0.4, 0.5) is 0 Å². The van der Waals surface area contributed by atoms with Crippen LogP contribution in [0, 0.1) is 13.7 Å². The SMILES string of the molecule is C.C.CC1(C)OB(B2OC(C)(C)C(C)(C)O2)OC1(C)C.[2H]C([2H])([2H])c1cccc(B2OC(C)(C)C(C)(C)O2)c1.[2H]C([2H])([2H])c1cccc(Br)c1. The Morgan fingerprint density at radius 3 is 1.20 bits per heavy atom. The second-order valence-corrected chi connectivity index (χ2v) is 14.9. The van der Waals surface area contributed by atoms with E-state index in [2.05, 4.69) is 15.9 Å². The number of hydrogen-bond acceptors (Lipinski definition) is 6. The Morgan fingerprint density at radius 2 is 0.864 bits per heavy atom. The van der Waals surface area contributed by atoms with Crippen LogP contribution in [0.15, 0.2) is 53.0 Å². The maximum atomic E-state index is 7.45. The van der Waals surface area contributed by atoms with Gasteiger partial charge in [-0.3, -0.25) is 0 Å². The van der Waals surface area contributed by atoms with Crippen LogP contribution in [0.25, 0.3) is 0 Å². The van der Waals surface area contributed by atoms with Crippen LogP contribution in [-0.2, 0) is 27.9 Å². The summed E-state index contributed by atoms with van der Waals surface area (Å²) in [6.45, 7) is 20.0. The van der Waals surface area contributed by atoms with Crippen molar-refractivity contribution >= 4 is 42.5 Å². The van der Waals surface area contributed by atoms with Gasteiger partial charge in [-0.05, 0) is 114 Å². The second-order valence-electron chi connectivity index (χ2n) is 14.0. The zero-order chi connectivity index (χ0) is 36.9. The Balaban J connectivity index is 0.000000380. The van der Waals surface area contributed by atoms with Crippen molar-refractivity contribution in [3.05, 3.63) is 64.1 Å². The van der Waals surface area contributed by atoms with Crippen LogP contribution < -0.4 is 5.46 Å². The molecule has 44 heavy (non-hydrogen) atoms. The highest BCUT2D eigenvalue weighted by Gasteiger charge is 2.63. The molecule has 3 aliphatic rings. The van der Waals surface area contributed by atoms with E-state index in [1.165, 1.54) is 0 Å². The van der Waals surface area contributed by atoms with Gasteiger partial charge in [0.15, 0.2) is 0 Å². The van der Waals surface area contributed by atoms with E-state index in [9.17, 15) is 0 Å². The monoisotopic (exact) mass is 680 g/mol. The molecule has 3 fully saturated rings. The van der Waals surface area contributed by atoms with Gasteiger partial charge in [0.2, 0.25) is 0 Å². The molecule has 0 aromatic heterocycles. The van der Waals surface area contributed by atoms with Crippen molar-refractivity contribution in [2.75, 3.05) is 0 Å². The van der Waals surface area contributed by atoms with Crippen LogP contribution in [0.5, 0.6) is 0 Å². The zero-order valence-corrected chi connectivity index (χ0v) is 28.8. The predicted molar refractivity (Wildman–Crippen MR) is 191 cm³/mol. The van der Waals surface area contributed by atoms with Gasteiger partial charge < -0.3 is 27.9 Å². The van der Waals surface area contributed by atoms with Gasteiger partial charge in [-0.25, -0.2) is 0 Å². The number of hydrogen-bond donors (Lipinski definition) is 0. The summed E-state index contributed by atoms with van der Waals surface area (Å²) in [6, 6.07) is 13.5. The zero-order valence-electron chi connectivity index (χ0n) is 33.2. The van der Waals surface area contributed by atoms with E-state index in [4.69, 9.17) is 36.2 Å². The van der Waals surface area contributed by atoms with Gasteiger partial charge in [0, 0.05) is 12.7 Å². The molecule has 0 saturated carbocycles. The summed E-state index contributed by atoms with van der Waals surface area (Å²) in [4.78, 5) is 0. The highest BCUT2D eigenvalue weighted by Crippen LogP contribution is 2.43. The van der Waals surface area contributed by atoms with Gasteiger partial charge in [0.1, 0.15) is 0 Å². The molecule has 3 saturated heterocycles. The lowest BCUT2D eigenvalue weighted by atomic mass is 9.49. The molecule has 5 rings (SSSR count). The van der Waals surface area contributed by atoms with Crippen LogP contribution in [0.1, 0.15) is 117 Å². The maximum Gasteiger partial charge on any atom is 0.494 e. The smallest absolute Gasteiger partial charge is 0.405 e. The van der Waals surface area contributed by atoms with Crippen molar-refractivity contribution in [2.45, 2.75) is 145 Å². The van der Waals surface area contributed by atoms with Crippen molar-refractivity contribution in [1.29, 1.82) is 0 Å². The molecule has 3 aliphatic heterocycles. The van der Waals surface area contributed by atoms with Gasteiger partial charge in [-0.1, -0.05) is 78.3 Å². The van der Waals surface area contributed by atoms with E-state index >= 15 is 0 Å². The first-order valence-corrected chi connectivity index (χ1v) is 15.1. The lowest BCUT2D eigenvalue weighted by molar-refractivity contribution is 0.00578. The Morgan fingerprint density at radius 1 is 0.523 bits per heavy atom. The lowest BCUT2D eigenvalue weighted by Gasteiger charge is -2.32. The van der Waals surface area contributed by atoms with Gasteiger partial charge in [0.25, 0.3) is 0 Å². The first-order chi connectivity index (χ1) is 21.4. The van der Waals surface area contributed by atoms with Crippen molar-refractivity contribution in [3.63, 3.8) is 0 Å². The van der Waals surface area contributed by atoms with Gasteiger partial charge in [-0.2, -0.15) is 0 Å². The van der Waals surface area contributed by atoms with E-state index < -0.39 is 46.0 Å². The number of aryl methyl sites for hydroxylation is 2. The van der Waals surface area contributed by atoms with Gasteiger partial charge in [0.05, 0.1) is 33.6 Å². The first kappa shape index (κ1) is 31.5. The van der Waals surface area contributed by atoms with Crippen LogP contribution >= 0.6 is 15.9 Å². The molecule has 3 heterocycles. The van der Waals surface area contributed by atoms with Crippen molar-refractivity contribution in [2.24, 2.45) is 0 Å². The standard InChI is InChI=1S/C13H19BO2.C12H24B2O4.C7H7Br.2CH4/c1-10-7-6-8-11(9-10)14-15-12(2,3)13(4,5)16-14;1-9(2)10(3,4)16-13(15-9)14-17-11(5,6)12(7,8)18-14;1-6-3-2-4-7(8)5-6;;/h6-9H,1-5H3;1-8H3;2-5H,1H3;2*1H4/i1D3;;1D3;;. The summed E-state index contributed by atoms with van der Waals surface area (Å²) in [6.07, 6.45) is 0. The average Bonchev–Trinajstić information content (AvgIpc) is 3.37. The largest absolute Gasteiger partial charge is 0.494 e.